The van der Waals surface area contributed by atoms with Crippen LogP contribution in [0.15, 0.2) is 90.6 Å². The zero-order valence-corrected chi connectivity index (χ0v) is 15.1. The molecule has 3 aromatic carbocycles. The Morgan fingerprint density at radius 3 is 2.04 bits per heavy atom. The third kappa shape index (κ3) is 5.06. The minimum atomic E-state index is -0.439. The fourth-order valence-corrected chi connectivity index (χ4v) is 2.60. The van der Waals surface area contributed by atoms with E-state index in [1.54, 1.807) is 60.7 Å². The maximum absolute atomic E-state index is 12.8. The Balaban J connectivity index is 1.90. The van der Waals surface area contributed by atoms with Gasteiger partial charge in [0.15, 0.2) is 0 Å². The van der Waals surface area contributed by atoms with Crippen LogP contribution in [0.3, 0.4) is 0 Å². The second-order valence-electron chi connectivity index (χ2n) is 5.72. The molecule has 0 heterocycles. The van der Waals surface area contributed by atoms with Crippen LogP contribution in [0.1, 0.15) is 15.9 Å². The van der Waals surface area contributed by atoms with Crippen molar-refractivity contribution in [2.45, 2.75) is 0 Å². The van der Waals surface area contributed by atoms with E-state index < -0.39 is 5.91 Å². The molecule has 0 fully saturated rings. The Morgan fingerprint density at radius 2 is 1.37 bits per heavy atom. The van der Waals surface area contributed by atoms with Gasteiger partial charge in [0.1, 0.15) is 5.70 Å². The molecule has 4 nitrogen and oxygen atoms in total. The maximum atomic E-state index is 12.8. The largest absolute Gasteiger partial charge is 0.321 e. The Morgan fingerprint density at radius 1 is 0.778 bits per heavy atom. The number of benzene rings is 3. The summed E-state index contributed by atoms with van der Waals surface area (Å²) in [6.45, 7) is 0. The standard InChI is InChI=1S/C22H17ClN2O2/c23-19-14-8-7-11-17(19)15-20(22(27)24-18-12-5-2-6-13-18)25-21(26)16-9-3-1-4-10-16/h1-15H,(H,24,27)(H,25,26)/b20-15+. The number of halogens is 1. The molecule has 0 aliphatic heterocycles. The van der Waals surface area contributed by atoms with Crippen LogP contribution in [0, 0.1) is 0 Å². The number of carbonyl (C=O) groups excluding carboxylic acids is 2. The molecule has 0 aliphatic carbocycles. The average Bonchev–Trinajstić information content (AvgIpc) is 2.70. The van der Waals surface area contributed by atoms with Gasteiger partial charge in [0.25, 0.3) is 11.8 Å². The van der Waals surface area contributed by atoms with E-state index in [4.69, 9.17) is 11.6 Å². The van der Waals surface area contributed by atoms with Gasteiger partial charge in [-0.1, -0.05) is 66.2 Å². The van der Waals surface area contributed by atoms with Gasteiger partial charge >= 0.3 is 0 Å². The minimum Gasteiger partial charge on any atom is -0.321 e. The van der Waals surface area contributed by atoms with Crippen molar-refractivity contribution in [3.63, 3.8) is 0 Å². The molecular formula is C22H17ClN2O2. The highest BCUT2D eigenvalue weighted by molar-refractivity contribution is 6.32. The van der Waals surface area contributed by atoms with Crippen LogP contribution in [0.2, 0.25) is 5.02 Å². The van der Waals surface area contributed by atoms with Gasteiger partial charge in [-0.3, -0.25) is 9.59 Å². The van der Waals surface area contributed by atoms with Crippen LogP contribution in [0.25, 0.3) is 6.08 Å². The smallest absolute Gasteiger partial charge is 0.272 e. The van der Waals surface area contributed by atoms with E-state index in [0.29, 0.717) is 21.8 Å². The predicted molar refractivity (Wildman–Crippen MR) is 108 cm³/mol. The summed E-state index contributed by atoms with van der Waals surface area (Å²) in [5, 5.41) is 5.94. The molecule has 2 amide bonds. The van der Waals surface area contributed by atoms with Crippen molar-refractivity contribution in [3.8, 4) is 0 Å². The summed E-state index contributed by atoms with van der Waals surface area (Å²) < 4.78 is 0. The van der Waals surface area contributed by atoms with Gasteiger partial charge in [-0.15, -0.1) is 0 Å². The number of nitrogens with one attached hydrogen (secondary N) is 2. The summed E-state index contributed by atoms with van der Waals surface area (Å²) >= 11 is 6.20. The zero-order valence-electron chi connectivity index (χ0n) is 14.4. The summed E-state index contributed by atoms with van der Waals surface area (Å²) in [4.78, 5) is 25.3. The second-order valence-corrected chi connectivity index (χ2v) is 6.13. The monoisotopic (exact) mass is 376 g/mol. The Kier molecular flexibility index (Phi) is 6.02. The van der Waals surface area contributed by atoms with Crippen molar-refractivity contribution in [1.29, 1.82) is 0 Å². The van der Waals surface area contributed by atoms with Crippen LogP contribution < -0.4 is 10.6 Å². The number of carbonyl (C=O) groups is 2. The lowest BCUT2D eigenvalue weighted by atomic mass is 10.1. The van der Waals surface area contributed by atoms with Crippen molar-refractivity contribution >= 4 is 35.2 Å². The Labute approximate surface area is 162 Å². The summed E-state index contributed by atoms with van der Waals surface area (Å²) in [6.07, 6.45) is 1.56. The number of para-hydroxylation sites is 1. The molecule has 0 atom stereocenters. The minimum absolute atomic E-state index is 0.0980. The lowest BCUT2D eigenvalue weighted by molar-refractivity contribution is -0.113. The van der Waals surface area contributed by atoms with Gasteiger partial charge in [0.2, 0.25) is 0 Å². The van der Waals surface area contributed by atoms with Gasteiger partial charge in [-0.05, 0) is 42.0 Å². The van der Waals surface area contributed by atoms with E-state index in [9.17, 15) is 9.59 Å². The van der Waals surface area contributed by atoms with Crippen LogP contribution in [-0.2, 0) is 4.79 Å². The fraction of sp³-hybridized carbons (Fsp3) is 0. The van der Waals surface area contributed by atoms with Crippen molar-refractivity contribution in [2.24, 2.45) is 0 Å². The highest BCUT2D eigenvalue weighted by atomic mass is 35.5. The topological polar surface area (TPSA) is 58.2 Å². The van der Waals surface area contributed by atoms with Crippen LogP contribution in [-0.4, -0.2) is 11.8 Å². The molecular weight excluding hydrogens is 360 g/mol. The molecule has 0 saturated carbocycles. The lowest BCUT2D eigenvalue weighted by Crippen LogP contribution is -2.30. The van der Waals surface area contributed by atoms with E-state index in [1.165, 1.54) is 0 Å². The maximum Gasteiger partial charge on any atom is 0.272 e. The summed E-state index contributed by atoms with van der Waals surface area (Å²) in [7, 11) is 0. The first-order valence-corrected chi connectivity index (χ1v) is 8.70. The van der Waals surface area contributed by atoms with Crippen molar-refractivity contribution in [1.82, 2.24) is 5.32 Å². The molecule has 0 aromatic heterocycles. The van der Waals surface area contributed by atoms with Crippen LogP contribution in [0.4, 0.5) is 5.69 Å². The molecule has 0 saturated heterocycles. The molecule has 2 N–H and O–H groups in total. The van der Waals surface area contributed by atoms with Gasteiger partial charge < -0.3 is 10.6 Å². The Hall–Kier alpha value is -3.37. The molecule has 5 heteroatoms. The molecule has 134 valence electrons. The fourth-order valence-electron chi connectivity index (χ4n) is 2.41. The predicted octanol–water partition coefficient (Wildman–Crippen LogP) is 4.75. The van der Waals surface area contributed by atoms with E-state index in [0.717, 1.165) is 0 Å². The van der Waals surface area contributed by atoms with E-state index in [-0.39, 0.29) is 11.6 Å². The molecule has 3 rings (SSSR count). The van der Waals surface area contributed by atoms with Crippen molar-refractivity contribution < 1.29 is 9.59 Å². The summed E-state index contributed by atoms with van der Waals surface area (Å²) in [6, 6.07) is 24.8. The average molecular weight is 377 g/mol. The molecule has 0 spiro atoms. The number of rotatable bonds is 5. The molecule has 0 radical (unpaired) electrons. The van der Waals surface area contributed by atoms with Crippen molar-refractivity contribution in [3.05, 3.63) is 107 Å². The molecule has 3 aromatic rings. The third-order valence-electron chi connectivity index (χ3n) is 3.77. The van der Waals surface area contributed by atoms with Gasteiger partial charge in [-0.2, -0.15) is 0 Å². The number of amides is 2. The van der Waals surface area contributed by atoms with Crippen molar-refractivity contribution in [2.75, 3.05) is 5.32 Å². The first kappa shape index (κ1) is 18.4. The van der Waals surface area contributed by atoms with Gasteiger partial charge in [-0.25, -0.2) is 0 Å². The zero-order chi connectivity index (χ0) is 19.1. The number of hydrogen-bond acceptors (Lipinski definition) is 2. The van der Waals surface area contributed by atoms with Crippen LogP contribution >= 0.6 is 11.6 Å². The molecule has 27 heavy (non-hydrogen) atoms. The SMILES string of the molecule is O=C(Nc1ccccc1)/C(=C\c1ccccc1Cl)NC(=O)c1ccccc1. The van der Waals surface area contributed by atoms with E-state index in [1.807, 2.05) is 30.3 Å². The lowest BCUT2D eigenvalue weighted by Gasteiger charge is -2.12. The van der Waals surface area contributed by atoms with E-state index in [2.05, 4.69) is 10.6 Å². The highest BCUT2D eigenvalue weighted by Gasteiger charge is 2.15. The molecule has 0 aliphatic rings. The van der Waals surface area contributed by atoms with E-state index >= 15 is 0 Å². The quantitative estimate of drug-likeness (QED) is 0.631. The first-order chi connectivity index (χ1) is 13.1. The second kappa shape index (κ2) is 8.83. The highest BCUT2D eigenvalue weighted by Crippen LogP contribution is 2.18. The molecule has 0 bridgehead atoms. The number of anilines is 1. The van der Waals surface area contributed by atoms with Gasteiger partial charge in [0.05, 0.1) is 0 Å². The number of hydrogen-bond donors (Lipinski definition) is 2. The first-order valence-electron chi connectivity index (χ1n) is 8.32. The third-order valence-corrected chi connectivity index (χ3v) is 4.11. The van der Waals surface area contributed by atoms with Gasteiger partial charge in [0, 0.05) is 16.3 Å². The van der Waals surface area contributed by atoms with Crippen LogP contribution in [0.5, 0.6) is 0 Å². The normalized spacial score (nSPS) is 10.9. The summed E-state index contributed by atoms with van der Waals surface area (Å²) in [5.41, 5.74) is 1.81. The Bertz CT molecular complexity index is 970. The summed E-state index contributed by atoms with van der Waals surface area (Å²) in [5.74, 6) is -0.817. The molecule has 0 unspecified atom stereocenters.